The molecule has 0 aliphatic carbocycles. The zero-order valence-electron chi connectivity index (χ0n) is 15.0. The molecular formula is C21H23N3O2. The summed E-state index contributed by atoms with van der Waals surface area (Å²) in [5.41, 5.74) is 1.21. The maximum atomic E-state index is 6.04. The molecule has 2 aliphatic rings. The molecule has 0 bridgehead atoms. The fourth-order valence-corrected chi connectivity index (χ4v) is 4.64. The van der Waals surface area contributed by atoms with Gasteiger partial charge >= 0.3 is 0 Å². The van der Waals surface area contributed by atoms with Gasteiger partial charge in [0.2, 0.25) is 11.8 Å². The Morgan fingerprint density at radius 2 is 2.04 bits per heavy atom. The number of rotatable bonds is 3. The summed E-state index contributed by atoms with van der Waals surface area (Å²) in [4.78, 5) is 2.52. The third-order valence-electron chi connectivity index (χ3n) is 5.92. The summed E-state index contributed by atoms with van der Waals surface area (Å²) in [5.74, 6) is 1.38. The number of aryl methyl sites for hydroxylation is 1. The Bertz CT molecular complexity index is 932. The molecule has 2 saturated heterocycles. The Morgan fingerprint density at radius 1 is 1.15 bits per heavy atom. The molecule has 2 fully saturated rings. The summed E-state index contributed by atoms with van der Waals surface area (Å²) < 4.78 is 11.9. The van der Waals surface area contributed by atoms with Crippen molar-refractivity contribution in [2.75, 3.05) is 19.7 Å². The van der Waals surface area contributed by atoms with Crippen LogP contribution in [-0.4, -0.2) is 40.9 Å². The van der Waals surface area contributed by atoms with Crippen LogP contribution in [0.15, 0.2) is 46.9 Å². The third-order valence-corrected chi connectivity index (χ3v) is 5.92. The molecule has 3 heterocycles. The molecule has 134 valence electrons. The lowest BCUT2D eigenvalue weighted by atomic mass is 9.76. The Kier molecular flexibility index (Phi) is 3.80. The van der Waals surface area contributed by atoms with E-state index in [0.29, 0.717) is 5.89 Å². The molecule has 0 spiro atoms. The number of nitrogens with zero attached hydrogens (tertiary/aromatic N) is 3. The Labute approximate surface area is 153 Å². The zero-order chi connectivity index (χ0) is 17.6. The van der Waals surface area contributed by atoms with Crippen molar-refractivity contribution in [2.45, 2.75) is 37.8 Å². The van der Waals surface area contributed by atoms with Crippen LogP contribution in [-0.2, 0) is 16.7 Å². The molecule has 0 saturated carbocycles. The highest BCUT2D eigenvalue weighted by atomic mass is 16.5. The highest BCUT2D eigenvalue weighted by Gasteiger charge is 2.52. The molecule has 0 amide bonds. The van der Waals surface area contributed by atoms with Gasteiger partial charge in [-0.3, -0.25) is 4.90 Å². The average Bonchev–Trinajstić information content (AvgIpc) is 3.29. The predicted octanol–water partition coefficient (Wildman–Crippen LogP) is 3.46. The van der Waals surface area contributed by atoms with Gasteiger partial charge in [0.15, 0.2) is 0 Å². The second kappa shape index (κ2) is 6.18. The van der Waals surface area contributed by atoms with Crippen LogP contribution in [0.1, 0.15) is 30.2 Å². The van der Waals surface area contributed by atoms with Gasteiger partial charge in [0.1, 0.15) is 0 Å². The molecule has 5 rings (SSSR count). The van der Waals surface area contributed by atoms with Gasteiger partial charge in [-0.1, -0.05) is 42.5 Å². The van der Waals surface area contributed by atoms with E-state index in [1.807, 2.05) is 6.92 Å². The fraction of sp³-hybridized carbons (Fsp3) is 0.429. The summed E-state index contributed by atoms with van der Waals surface area (Å²) in [5, 5.41) is 11.1. The van der Waals surface area contributed by atoms with E-state index in [9.17, 15) is 0 Å². The maximum absolute atomic E-state index is 6.04. The van der Waals surface area contributed by atoms with Crippen molar-refractivity contribution in [1.29, 1.82) is 0 Å². The minimum absolute atomic E-state index is 0.163. The van der Waals surface area contributed by atoms with E-state index in [1.54, 1.807) is 0 Å². The number of aromatic nitrogens is 2. The van der Waals surface area contributed by atoms with Gasteiger partial charge in [-0.2, -0.15) is 0 Å². The van der Waals surface area contributed by atoms with E-state index in [4.69, 9.17) is 9.15 Å². The molecule has 1 aromatic heterocycles. The van der Waals surface area contributed by atoms with E-state index < -0.39 is 0 Å². The minimum atomic E-state index is -0.163. The normalized spacial score (nSPS) is 26.3. The van der Waals surface area contributed by atoms with Crippen molar-refractivity contribution in [1.82, 2.24) is 15.1 Å². The van der Waals surface area contributed by atoms with Crippen LogP contribution in [0.5, 0.6) is 0 Å². The smallest absolute Gasteiger partial charge is 0.226 e. The lowest BCUT2D eigenvalue weighted by Crippen LogP contribution is -2.52. The predicted molar refractivity (Wildman–Crippen MR) is 98.9 cm³/mol. The average molecular weight is 349 g/mol. The van der Waals surface area contributed by atoms with Crippen LogP contribution in [0, 0.1) is 6.92 Å². The van der Waals surface area contributed by atoms with Gasteiger partial charge in [0.05, 0.1) is 11.5 Å². The first-order chi connectivity index (χ1) is 12.7. The van der Waals surface area contributed by atoms with Crippen molar-refractivity contribution in [3.63, 3.8) is 0 Å². The molecule has 3 aromatic rings. The van der Waals surface area contributed by atoms with Gasteiger partial charge in [-0.15, -0.1) is 10.2 Å². The van der Waals surface area contributed by atoms with Crippen molar-refractivity contribution in [3.8, 4) is 0 Å². The number of likely N-dealkylation sites (tertiary alicyclic amines) is 1. The standard InChI is InChI=1S/C21H23N3O2/c1-15-22-23-20(26-15)21-10-12-25-19(21)9-11-24(14-21)13-17-7-4-6-16-5-2-3-8-18(16)17/h2-8,19H,9-14H2,1H3/t19-,21-/m1/s1. The SMILES string of the molecule is Cc1nnc([C@@]23CCO[C@@H]2CCN(Cc2cccc4ccccc24)C3)o1. The molecular weight excluding hydrogens is 326 g/mol. The molecule has 2 aliphatic heterocycles. The quantitative estimate of drug-likeness (QED) is 0.725. The number of ether oxygens (including phenoxy) is 1. The Morgan fingerprint density at radius 3 is 2.92 bits per heavy atom. The van der Waals surface area contributed by atoms with Crippen LogP contribution >= 0.6 is 0 Å². The van der Waals surface area contributed by atoms with Gasteiger partial charge in [0.25, 0.3) is 0 Å². The highest BCUT2D eigenvalue weighted by Crippen LogP contribution is 2.43. The number of piperidine rings is 1. The molecule has 5 heteroatoms. The number of fused-ring (bicyclic) bond motifs is 2. The van der Waals surface area contributed by atoms with E-state index in [0.717, 1.165) is 45.0 Å². The van der Waals surface area contributed by atoms with E-state index in [2.05, 4.69) is 57.6 Å². The molecule has 2 atom stereocenters. The largest absolute Gasteiger partial charge is 0.425 e. The van der Waals surface area contributed by atoms with Gasteiger partial charge in [-0.25, -0.2) is 0 Å². The van der Waals surface area contributed by atoms with Gasteiger partial charge in [-0.05, 0) is 29.2 Å². The molecule has 0 radical (unpaired) electrons. The first kappa shape index (κ1) is 16.0. The molecule has 0 unspecified atom stereocenters. The van der Waals surface area contributed by atoms with Crippen molar-refractivity contribution >= 4 is 10.8 Å². The van der Waals surface area contributed by atoms with Crippen LogP contribution in [0.2, 0.25) is 0 Å². The van der Waals surface area contributed by atoms with Gasteiger partial charge in [0, 0.05) is 33.2 Å². The van der Waals surface area contributed by atoms with Gasteiger partial charge < -0.3 is 9.15 Å². The second-order valence-electron chi connectivity index (χ2n) is 7.53. The number of benzene rings is 2. The lowest BCUT2D eigenvalue weighted by Gasteiger charge is -2.41. The van der Waals surface area contributed by atoms with Crippen molar-refractivity contribution in [3.05, 3.63) is 59.8 Å². The van der Waals surface area contributed by atoms with Crippen LogP contribution in [0.25, 0.3) is 10.8 Å². The van der Waals surface area contributed by atoms with E-state index in [1.165, 1.54) is 16.3 Å². The molecule has 2 aromatic carbocycles. The van der Waals surface area contributed by atoms with Crippen LogP contribution < -0.4 is 0 Å². The number of hydrogen-bond donors (Lipinski definition) is 0. The zero-order valence-corrected chi connectivity index (χ0v) is 15.0. The monoisotopic (exact) mass is 349 g/mol. The summed E-state index contributed by atoms with van der Waals surface area (Å²) in [7, 11) is 0. The Balaban J connectivity index is 1.46. The first-order valence-corrected chi connectivity index (χ1v) is 9.36. The minimum Gasteiger partial charge on any atom is -0.425 e. The second-order valence-corrected chi connectivity index (χ2v) is 7.53. The summed E-state index contributed by atoms with van der Waals surface area (Å²) in [6, 6.07) is 15.2. The Hall–Kier alpha value is -2.24. The molecule has 26 heavy (non-hydrogen) atoms. The van der Waals surface area contributed by atoms with Crippen LogP contribution in [0.3, 0.4) is 0 Å². The summed E-state index contributed by atoms with van der Waals surface area (Å²) >= 11 is 0. The van der Waals surface area contributed by atoms with Crippen molar-refractivity contribution < 1.29 is 9.15 Å². The molecule has 0 N–H and O–H groups in total. The highest BCUT2D eigenvalue weighted by molar-refractivity contribution is 5.85. The summed E-state index contributed by atoms with van der Waals surface area (Å²) in [6.07, 6.45) is 2.14. The topological polar surface area (TPSA) is 51.4 Å². The lowest BCUT2D eigenvalue weighted by molar-refractivity contribution is 0.00594. The van der Waals surface area contributed by atoms with E-state index >= 15 is 0 Å². The fourth-order valence-electron chi connectivity index (χ4n) is 4.64. The van der Waals surface area contributed by atoms with E-state index in [-0.39, 0.29) is 11.5 Å². The third kappa shape index (κ3) is 2.54. The summed E-state index contributed by atoms with van der Waals surface area (Å²) in [6.45, 7) is 5.50. The first-order valence-electron chi connectivity index (χ1n) is 9.36. The molecule has 5 nitrogen and oxygen atoms in total. The number of hydrogen-bond acceptors (Lipinski definition) is 5. The van der Waals surface area contributed by atoms with Crippen LogP contribution in [0.4, 0.5) is 0 Å². The maximum Gasteiger partial charge on any atom is 0.226 e. The van der Waals surface area contributed by atoms with Crippen molar-refractivity contribution in [2.24, 2.45) is 0 Å².